The molecule has 0 fully saturated rings. The van der Waals surface area contributed by atoms with Crippen molar-refractivity contribution in [3.63, 3.8) is 0 Å². The molecule has 0 unspecified atom stereocenters. The van der Waals surface area contributed by atoms with Crippen molar-refractivity contribution in [3.05, 3.63) is 35.4 Å². The van der Waals surface area contributed by atoms with Gasteiger partial charge in [-0.1, -0.05) is 12.1 Å². The van der Waals surface area contributed by atoms with Crippen LogP contribution in [0.25, 0.3) is 0 Å². The summed E-state index contributed by atoms with van der Waals surface area (Å²) in [5.41, 5.74) is -0.160. The predicted octanol–water partition coefficient (Wildman–Crippen LogP) is 1.70. The zero-order valence-corrected chi connectivity index (χ0v) is 22.2. The van der Waals surface area contributed by atoms with Crippen molar-refractivity contribution in [1.29, 1.82) is 0 Å². The van der Waals surface area contributed by atoms with E-state index in [1.165, 1.54) is 24.3 Å². The Labute approximate surface area is 221 Å². The van der Waals surface area contributed by atoms with Gasteiger partial charge in [-0.3, -0.25) is 19.2 Å². The van der Waals surface area contributed by atoms with Crippen molar-refractivity contribution in [1.82, 2.24) is 10.6 Å². The quantitative estimate of drug-likeness (QED) is 0.235. The standard InChI is InChI=1S/C26H36N2O10/c1-5-35-21(29)15-13-19(25(33)37-7-3)27-23(31)17-11-9-10-12-18(17)24(32)28-20(26(34)38-8-4)14-16-22(30)36-6-2/h9-12,19-20H,5-8,13-16H2,1-4H3,(H,27,31)(H,28,32)/t19-,20-/m1/s1. The molecule has 0 saturated carbocycles. The van der Waals surface area contributed by atoms with Crippen LogP contribution in [0.15, 0.2) is 24.3 Å². The Morgan fingerprint density at radius 3 is 1.26 bits per heavy atom. The van der Waals surface area contributed by atoms with Gasteiger partial charge in [0, 0.05) is 12.8 Å². The number of benzene rings is 1. The maximum Gasteiger partial charge on any atom is 0.328 e. The number of hydrogen-bond acceptors (Lipinski definition) is 10. The van der Waals surface area contributed by atoms with Crippen LogP contribution >= 0.6 is 0 Å². The third-order valence-electron chi connectivity index (χ3n) is 5.05. The van der Waals surface area contributed by atoms with Crippen LogP contribution in [0.5, 0.6) is 0 Å². The fraction of sp³-hybridized carbons (Fsp3) is 0.538. The fourth-order valence-corrected chi connectivity index (χ4v) is 3.33. The average Bonchev–Trinajstić information content (AvgIpc) is 2.89. The number of ether oxygens (including phenoxy) is 4. The molecule has 0 saturated heterocycles. The van der Waals surface area contributed by atoms with E-state index >= 15 is 0 Å². The lowest BCUT2D eigenvalue weighted by atomic mass is 10.0. The molecule has 0 aliphatic heterocycles. The highest BCUT2D eigenvalue weighted by atomic mass is 16.5. The third-order valence-corrected chi connectivity index (χ3v) is 5.05. The van der Waals surface area contributed by atoms with E-state index in [0.29, 0.717) is 0 Å². The summed E-state index contributed by atoms with van der Waals surface area (Å²) in [4.78, 5) is 74.5. The van der Waals surface area contributed by atoms with Crippen LogP contribution in [0.2, 0.25) is 0 Å². The largest absolute Gasteiger partial charge is 0.466 e. The summed E-state index contributed by atoms with van der Waals surface area (Å²) < 4.78 is 19.7. The van der Waals surface area contributed by atoms with Crippen LogP contribution in [0, 0.1) is 0 Å². The second-order valence-electron chi connectivity index (χ2n) is 7.79. The molecule has 0 radical (unpaired) electrons. The van der Waals surface area contributed by atoms with Gasteiger partial charge in [0.05, 0.1) is 37.6 Å². The molecular weight excluding hydrogens is 500 g/mol. The van der Waals surface area contributed by atoms with Crippen molar-refractivity contribution in [2.75, 3.05) is 26.4 Å². The Morgan fingerprint density at radius 1 is 0.605 bits per heavy atom. The fourth-order valence-electron chi connectivity index (χ4n) is 3.33. The molecule has 1 aromatic carbocycles. The minimum absolute atomic E-state index is 0.0602. The molecule has 1 rings (SSSR count). The van der Waals surface area contributed by atoms with Crippen LogP contribution in [0.1, 0.15) is 74.1 Å². The van der Waals surface area contributed by atoms with Gasteiger partial charge >= 0.3 is 23.9 Å². The molecule has 2 atom stereocenters. The molecule has 2 amide bonds. The lowest BCUT2D eigenvalue weighted by Gasteiger charge is -2.19. The zero-order chi connectivity index (χ0) is 28.5. The SMILES string of the molecule is CCOC(=O)CC[C@@H](NC(=O)c1ccccc1C(=O)N[C@H](CCC(=O)OCC)C(=O)OCC)C(=O)OCC. The summed E-state index contributed by atoms with van der Waals surface area (Å²) >= 11 is 0. The zero-order valence-electron chi connectivity index (χ0n) is 22.2. The number of esters is 4. The van der Waals surface area contributed by atoms with E-state index < -0.39 is 47.8 Å². The molecule has 2 N–H and O–H groups in total. The first-order chi connectivity index (χ1) is 18.2. The molecule has 0 aromatic heterocycles. The summed E-state index contributed by atoms with van der Waals surface area (Å²) in [6, 6.07) is 3.45. The highest BCUT2D eigenvalue weighted by Crippen LogP contribution is 2.13. The smallest absolute Gasteiger partial charge is 0.328 e. The molecule has 210 valence electrons. The molecule has 0 bridgehead atoms. The molecule has 38 heavy (non-hydrogen) atoms. The van der Waals surface area contributed by atoms with Gasteiger partial charge in [-0.2, -0.15) is 0 Å². The molecule has 0 spiro atoms. The molecule has 12 nitrogen and oxygen atoms in total. The minimum Gasteiger partial charge on any atom is -0.466 e. The summed E-state index contributed by atoms with van der Waals surface area (Å²) in [5.74, 6) is -4.09. The first-order valence-electron chi connectivity index (χ1n) is 12.5. The van der Waals surface area contributed by atoms with Gasteiger partial charge < -0.3 is 29.6 Å². The second kappa shape index (κ2) is 17.5. The lowest BCUT2D eigenvalue weighted by molar-refractivity contribution is -0.148. The number of carbonyl (C=O) groups excluding carboxylic acids is 6. The average molecular weight is 537 g/mol. The highest BCUT2D eigenvalue weighted by Gasteiger charge is 2.28. The lowest BCUT2D eigenvalue weighted by Crippen LogP contribution is -2.44. The monoisotopic (exact) mass is 536 g/mol. The molecule has 1 aromatic rings. The van der Waals surface area contributed by atoms with Gasteiger partial charge in [-0.25, -0.2) is 9.59 Å². The summed E-state index contributed by atoms with van der Waals surface area (Å²) in [7, 11) is 0. The van der Waals surface area contributed by atoms with Gasteiger partial charge in [-0.15, -0.1) is 0 Å². The highest BCUT2D eigenvalue weighted by molar-refractivity contribution is 6.08. The van der Waals surface area contributed by atoms with Gasteiger partial charge in [0.15, 0.2) is 0 Å². The number of carbonyl (C=O) groups is 6. The minimum atomic E-state index is -1.17. The number of amides is 2. The molecule has 0 aliphatic rings. The van der Waals surface area contributed by atoms with E-state index in [0.717, 1.165) is 0 Å². The maximum atomic E-state index is 13.1. The van der Waals surface area contributed by atoms with Crippen LogP contribution in [-0.4, -0.2) is 74.2 Å². The second-order valence-corrected chi connectivity index (χ2v) is 7.79. The van der Waals surface area contributed by atoms with E-state index in [1.807, 2.05) is 0 Å². The molecule has 12 heteroatoms. The number of nitrogens with one attached hydrogen (secondary N) is 2. The van der Waals surface area contributed by atoms with Crippen molar-refractivity contribution < 1.29 is 47.7 Å². The topological polar surface area (TPSA) is 163 Å². The van der Waals surface area contributed by atoms with E-state index in [-0.39, 0.29) is 63.2 Å². The summed E-state index contributed by atoms with van der Waals surface area (Å²) in [6.07, 6.45) is -0.421. The maximum absolute atomic E-state index is 13.1. The molecule has 0 heterocycles. The summed E-state index contributed by atoms with van der Waals surface area (Å²) in [6.45, 7) is 6.96. The van der Waals surface area contributed by atoms with Crippen molar-refractivity contribution in [3.8, 4) is 0 Å². The van der Waals surface area contributed by atoms with Crippen LogP contribution < -0.4 is 10.6 Å². The summed E-state index contributed by atoms with van der Waals surface area (Å²) in [5, 5.41) is 5.01. The van der Waals surface area contributed by atoms with Crippen molar-refractivity contribution >= 4 is 35.7 Å². The van der Waals surface area contributed by atoms with E-state index in [4.69, 9.17) is 18.9 Å². The van der Waals surface area contributed by atoms with Crippen LogP contribution in [0.4, 0.5) is 0 Å². The Bertz CT molecular complexity index is 902. The van der Waals surface area contributed by atoms with Gasteiger partial charge in [0.2, 0.25) is 0 Å². The Balaban J connectivity index is 3.09. The predicted molar refractivity (Wildman–Crippen MR) is 134 cm³/mol. The Kier molecular flexibility index (Phi) is 14.8. The van der Waals surface area contributed by atoms with E-state index in [9.17, 15) is 28.8 Å². The number of rotatable bonds is 16. The normalized spacial score (nSPS) is 11.9. The molecule has 0 aliphatic carbocycles. The first-order valence-corrected chi connectivity index (χ1v) is 12.5. The van der Waals surface area contributed by atoms with Gasteiger partial charge in [0.25, 0.3) is 11.8 Å². The van der Waals surface area contributed by atoms with Crippen LogP contribution in [-0.2, 0) is 38.1 Å². The van der Waals surface area contributed by atoms with Crippen molar-refractivity contribution in [2.24, 2.45) is 0 Å². The van der Waals surface area contributed by atoms with E-state index in [1.54, 1.807) is 27.7 Å². The number of hydrogen-bond donors (Lipinski definition) is 2. The Hall–Kier alpha value is -3.96. The molecular formula is C26H36N2O10. The Morgan fingerprint density at radius 2 is 0.947 bits per heavy atom. The van der Waals surface area contributed by atoms with Crippen LogP contribution in [0.3, 0.4) is 0 Å². The van der Waals surface area contributed by atoms with Gasteiger partial charge in [0.1, 0.15) is 12.1 Å². The van der Waals surface area contributed by atoms with E-state index in [2.05, 4.69) is 10.6 Å². The van der Waals surface area contributed by atoms with Crippen molar-refractivity contribution in [2.45, 2.75) is 65.5 Å². The first kappa shape index (κ1) is 32.1. The van der Waals surface area contributed by atoms with Gasteiger partial charge in [-0.05, 0) is 52.7 Å². The third kappa shape index (κ3) is 11.0.